The van der Waals surface area contributed by atoms with E-state index in [0.717, 1.165) is 24.0 Å². The number of fused-ring (bicyclic) bond motifs is 1. The lowest BCUT2D eigenvalue weighted by Crippen LogP contribution is -2.11. The average Bonchev–Trinajstić information content (AvgIpc) is 2.62. The van der Waals surface area contributed by atoms with Crippen molar-refractivity contribution in [3.8, 4) is 0 Å². The Hall–Kier alpha value is -1.63. The van der Waals surface area contributed by atoms with Crippen molar-refractivity contribution in [1.29, 1.82) is 0 Å². The zero-order valence-corrected chi connectivity index (χ0v) is 14.7. The average molecular weight is 296 g/mol. The van der Waals surface area contributed by atoms with Crippen molar-refractivity contribution in [3.63, 3.8) is 0 Å². The van der Waals surface area contributed by atoms with Gasteiger partial charge in [-0.25, -0.2) is 0 Å². The monoisotopic (exact) mass is 296 g/mol. The SMILES string of the molecule is C=C1CCC(CC(=O)CC)c2c(C)c(C)c(C)c(C)c2C1=C. The van der Waals surface area contributed by atoms with E-state index in [1.165, 1.54) is 33.4 Å². The lowest BCUT2D eigenvalue weighted by Gasteiger charge is -2.25. The number of rotatable bonds is 3. The Morgan fingerprint density at radius 1 is 1.05 bits per heavy atom. The maximum Gasteiger partial charge on any atom is 0.133 e. The smallest absolute Gasteiger partial charge is 0.133 e. The van der Waals surface area contributed by atoms with Crippen molar-refractivity contribution < 1.29 is 4.79 Å². The molecule has 2 rings (SSSR count). The van der Waals surface area contributed by atoms with Crippen LogP contribution < -0.4 is 0 Å². The summed E-state index contributed by atoms with van der Waals surface area (Å²) in [6.07, 6.45) is 3.20. The first kappa shape index (κ1) is 16.7. The predicted molar refractivity (Wildman–Crippen MR) is 95.5 cm³/mol. The molecule has 0 radical (unpaired) electrons. The normalized spacial score (nSPS) is 18.1. The molecular formula is C21H28O. The Morgan fingerprint density at radius 2 is 1.64 bits per heavy atom. The minimum Gasteiger partial charge on any atom is -0.300 e. The molecule has 0 saturated heterocycles. The fraction of sp³-hybridized carbons (Fsp3) is 0.476. The van der Waals surface area contributed by atoms with Crippen LogP contribution in [0.4, 0.5) is 0 Å². The van der Waals surface area contributed by atoms with Gasteiger partial charge in [0.1, 0.15) is 5.78 Å². The van der Waals surface area contributed by atoms with Gasteiger partial charge in [0.2, 0.25) is 0 Å². The highest BCUT2D eigenvalue weighted by molar-refractivity contribution is 5.85. The molecule has 1 nitrogen and oxygen atoms in total. The highest BCUT2D eigenvalue weighted by atomic mass is 16.1. The second kappa shape index (κ2) is 6.24. The van der Waals surface area contributed by atoms with E-state index in [1.807, 2.05) is 6.92 Å². The highest BCUT2D eigenvalue weighted by Crippen LogP contribution is 2.44. The van der Waals surface area contributed by atoms with E-state index in [1.54, 1.807) is 0 Å². The zero-order valence-electron chi connectivity index (χ0n) is 14.7. The van der Waals surface area contributed by atoms with E-state index < -0.39 is 0 Å². The highest BCUT2D eigenvalue weighted by Gasteiger charge is 2.28. The minimum atomic E-state index is 0.302. The molecule has 1 atom stereocenters. The molecule has 1 aromatic rings. The van der Waals surface area contributed by atoms with E-state index in [4.69, 9.17) is 0 Å². The lowest BCUT2D eigenvalue weighted by atomic mass is 9.79. The Kier molecular flexibility index (Phi) is 4.75. The van der Waals surface area contributed by atoms with Crippen molar-refractivity contribution in [2.45, 2.75) is 66.2 Å². The molecule has 0 saturated carbocycles. The third kappa shape index (κ3) is 2.69. The van der Waals surface area contributed by atoms with Gasteiger partial charge in [-0.3, -0.25) is 4.79 Å². The first-order valence-electron chi connectivity index (χ1n) is 8.28. The first-order chi connectivity index (χ1) is 10.3. The molecule has 1 aromatic carbocycles. The van der Waals surface area contributed by atoms with E-state index in [0.29, 0.717) is 24.5 Å². The molecule has 0 fully saturated rings. The van der Waals surface area contributed by atoms with Crippen molar-refractivity contribution in [3.05, 3.63) is 52.1 Å². The fourth-order valence-corrected chi connectivity index (χ4v) is 3.68. The molecule has 0 spiro atoms. The van der Waals surface area contributed by atoms with E-state index in [9.17, 15) is 4.79 Å². The van der Waals surface area contributed by atoms with Gasteiger partial charge in [0.05, 0.1) is 0 Å². The summed E-state index contributed by atoms with van der Waals surface area (Å²) in [5.41, 5.74) is 10.1. The third-order valence-corrected chi connectivity index (χ3v) is 5.54. The van der Waals surface area contributed by atoms with Crippen molar-refractivity contribution in [1.82, 2.24) is 0 Å². The van der Waals surface area contributed by atoms with Gasteiger partial charge in [-0.15, -0.1) is 0 Å². The van der Waals surface area contributed by atoms with Gasteiger partial charge < -0.3 is 0 Å². The maximum atomic E-state index is 12.1. The largest absolute Gasteiger partial charge is 0.300 e. The third-order valence-electron chi connectivity index (χ3n) is 5.54. The molecule has 22 heavy (non-hydrogen) atoms. The molecule has 0 N–H and O–H groups in total. The number of carbonyl (C=O) groups is 1. The van der Waals surface area contributed by atoms with Crippen molar-refractivity contribution >= 4 is 11.4 Å². The summed E-state index contributed by atoms with van der Waals surface area (Å²) in [6, 6.07) is 0. The number of hydrogen-bond donors (Lipinski definition) is 0. The fourth-order valence-electron chi connectivity index (χ4n) is 3.68. The predicted octanol–water partition coefficient (Wildman–Crippen LogP) is 5.74. The Balaban J connectivity index is 2.72. The van der Waals surface area contributed by atoms with Crippen molar-refractivity contribution in [2.75, 3.05) is 0 Å². The van der Waals surface area contributed by atoms with Crippen LogP contribution in [0, 0.1) is 27.7 Å². The van der Waals surface area contributed by atoms with Gasteiger partial charge in [0.15, 0.2) is 0 Å². The standard InChI is InChI=1S/C21H28O/c1-8-19(22)11-18-10-9-12(2)13(3)20-16(6)14(4)15(5)17(7)21(18)20/h18H,2-3,8-11H2,1,4-7H3. The summed E-state index contributed by atoms with van der Waals surface area (Å²) in [6.45, 7) is 19.3. The summed E-state index contributed by atoms with van der Waals surface area (Å²) >= 11 is 0. The van der Waals surface area contributed by atoms with Gasteiger partial charge in [-0.1, -0.05) is 20.1 Å². The maximum absolute atomic E-state index is 12.1. The topological polar surface area (TPSA) is 17.1 Å². The summed E-state index contributed by atoms with van der Waals surface area (Å²) in [4.78, 5) is 12.1. The second-order valence-corrected chi connectivity index (χ2v) is 6.70. The quantitative estimate of drug-likeness (QED) is 0.650. The lowest BCUT2D eigenvalue weighted by molar-refractivity contribution is -0.119. The molecule has 0 amide bonds. The van der Waals surface area contributed by atoms with Gasteiger partial charge in [0.25, 0.3) is 0 Å². The van der Waals surface area contributed by atoms with Crippen LogP contribution >= 0.6 is 0 Å². The van der Waals surface area contributed by atoms with Crippen LogP contribution in [0.15, 0.2) is 18.7 Å². The van der Waals surface area contributed by atoms with Crippen LogP contribution in [-0.2, 0) is 4.79 Å². The summed E-state index contributed by atoms with van der Waals surface area (Å²) in [5, 5.41) is 0. The number of allylic oxidation sites excluding steroid dienone is 2. The van der Waals surface area contributed by atoms with Crippen molar-refractivity contribution in [2.24, 2.45) is 0 Å². The van der Waals surface area contributed by atoms with Crippen LogP contribution in [0.1, 0.15) is 71.9 Å². The molecule has 0 aromatic heterocycles. The Morgan fingerprint density at radius 3 is 2.23 bits per heavy atom. The summed E-state index contributed by atoms with van der Waals surface area (Å²) < 4.78 is 0. The van der Waals surface area contributed by atoms with Crippen LogP contribution in [-0.4, -0.2) is 5.78 Å². The van der Waals surface area contributed by atoms with Gasteiger partial charge in [-0.05, 0) is 91.0 Å². The second-order valence-electron chi connectivity index (χ2n) is 6.70. The van der Waals surface area contributed by atoms with Gasteiger partial charge in [0, 0.05) is 12.8 Å². The molecule has 0 heterocycles. The molecule has 118 valence electrons. The number of benzene rings is 1. The molecular weight excluding hydrogens is 268 g/mol. The number of Topliss-reactive ketones (excluding diaryl/α,β-unsaturated/α-hetero) is 1. The van der Waals surface area contributed by atoms with E-state index >= 15 is 0 Å². The Labute approximate surface area is 135 Å². The molecule has 1 aliphatic carbocycles. The summed E-state index contributed by atoms with van der Waals surface area (Å²) in [7, 11) is 0. The van der Waals surface area contributed by atoms with Crippen LogP contribution in [0.5, 0.6) is 0 Å². The van der Waals surface area contributed by atoms with E-state index in [2.05, 4.69) is 40.9 Å². The van der Waals surface area contributed by atoms with Gasteiger partial charge in [-0.2, -0.15) is 0 Å². The zero-order chi connectivity index (χ0) is 16.6. The van der Waals surface area contributed by atoms with Crippen LogP contribution in [0.25, 0.3) is 5.57 Å². The van der Waals surface area contributed by atoms with Crippen LogP contribution in [0.3, 0.4) is 0 Å². The Bertz CT molecular complexity index is 661. The molecule has 0 bridgehead atoms. The first-order valence-corrected chi connectivity index (χ1v) is 8.28. The molecule has 1 unspecified atom stereocenters. The molecule has 0 aliphatic heterocycles. The number of carbonyl (C=O) groups excluding carboxylic acids is 1. The summed E-state index contributed by atoms with van der Waals surface area (Å²) in [5.74, 6) is 0.654. The van der Waals surface area contributed by atoms with E-state index in [-0.39, 0.29) is 0 Å². The number of hydrogen-bond acceptors (Lipinski definition) is 1. The number of ketones is 1. The van der Waals surface area contributed by atoms with Crippen LogP contribution in [0.2, 0.25) is 0 Å². The minimum absolute atomic E-state index is 0.302. The molecule has 1 heteroatoms. The molecule has 1 aliphatic rings. The van der Waals surface area contributed by atoms with Gasteiger partial charge >= 0.3 is 0 Å².